The molecule has 4 heteroatoms. The van der Waals surface area contributed by atoms with Crippen LogP contribution in [-0.4, -0.2) is 43.0 Å². The number of amides is 1. The fraction of sp³-hybridized carbons (Fsp3) is 0.923. The molecule has 0 aliphatic heterocycles. The molecular formula is C13H29N3O. The van der Waals surface area contributed by atoms with Crippen LogP contribution in [0.4, 0.5) is 0 Å². The Bertz CT molecular complexity index is 207. The number of likely N-dealkylation sites (N-methyl/N-ethyl adjacent to an activating group) is 1. The molecule has 3 N–H and O–H groups in total. The molecule has 0 aliphatic rings. The van der Waals surface area contributed by atoms with E-state index in [2.05, 4.69) is 31.0 Å². The fourth-order valence-electron chi connectivity index (χ4n) is 1.92. The molecule has 0 saturated heterocycles. The zero-order valence-electron chi connectivity index (χ0n) is 11.8. The number of hydrogen-bond acceptors (Lipinski definition) is 3. The molecule has 0 aromatic rings. The monoisotopic (exact) mass is 243 g/mol. The highest BCUT2D eigenvalue weighted by atomic mass is 16.1. The van der Waals surface area contributed by atoms with Crippen molar-refractivity contribution in [1.82, 2.24) is 10.2 Å². The molecule has 0 aromatic heterocycles. The molecule has 1 atom stereocenters. The highest BCUT2D eigenvalue weighted by Crippen LogP contribution is 2.05. The van der Waals surface area contributed by atoms with Crippen LogP contribution < -0.4 is 11.1 Å². The normalized spacial score (nSPS) is 13.3. The van der Waals surface area contributed by atoms with Gasteiger partial charge >= 0.3 is 0 Å². The van der Waals surface area contributed by atoms with E-state index in [1.54, 1.807) is 7.05 Å². The predicted molar refractivity (Wildman–Crippen MR) is 72.9 cm³/mol. The fourth-order valence-corrected chi connectivity index (χ4v) is 1.92. The molecule has 17 heavy (non-hydrogen) atoms. The summed E-state index contributed by atoms with van der Waals surface area (Å²) >= 11 is 0. The Labute approximate surface area is 106 Å². The quantitative estimate of drug-likeness (QED) is 0.569. The van der Waals surface area contributed by atoms with Gasteiger partial charge in [-0.3, -0.25) is 4.79 Å². The number of rotatable bonds is 10. The number of unbranched alkanes of at least 4 members (excludes halogenated alkanes) is 2. The summed E-state index contributed by atoms with van der Waals surface area (Å²) in [5, 5.41) is 2.96. The smallest absolute Gasteiger partial charge is 0.234 e. The number of nitrogens with two attached hydrogens (primary N) is 1. The molecule has 0 fully saturated rings. The first-order valence-electron chi connectivity index (χ1n) is 6.73. The molecule has 0 bridgehead atoms. The summed E-state index contributed by atoms with van der Waals surface area (Å²) in [6.07, 6.45) is 4.53. The third-order valence-electron chi connectivity index (χ3n) is 3.18. The Kier molecular flexibility index (Phi) is 9.09. The van der Waals surface area contributed by atoms with E-state index in [-0.39, 0.29) is 11.9 Å². The maximum Gasteiger partial charge on any atom is 0.234 e. The second-order valence-electron chi connectivity index (χ2n) is 4.87. The van der Waals surface area contributed by atoms with E-state index in [0.717, 1.165) is 19.5 Å². The minimum atomic E-state index is -0.259. The summed E-state index contributed by atoms with van der Waals surface area (Å²) in [6, 6.07) is 0.319. The van der Waals surface area contributed by atoms with E-state index in [0.29, 0.717) is 6.04 Å². The standard InChI is InChI=1S/C13H29N3O/c1-5-6-7-9-16(11(2)3)10-8-12(15-4)13(14)17/h11-12,15H,5-10H2,1-4H3,(H2,14,17). The summed E-state index contributed by atoms with van der Waals surface area (Å²) in [6.45, 7) is 8.65. The van der Waals surface area contributed by atoms with Gasteiger partial charge in [0.2, 0.25) is 5.91 Å². The third-order valence-corrected chi connectivity index (χ3v) is 3.18. The van der Waals surface area contributed by atoms with Crippen molar-refractivity contribution in [2.45, 2.75) is 58.5 Å². The molecule has 0 radical (unpaired) electrons. The van der Waals surface area contributed by atoms with E-state index in [1.165, 1.54) is 19.3 Å². The summed E-state index contributed by atoms with van der Waals surface area (Å²) in [5.74, 6) is -0.259. The number of hydrogen-bond donors (Lipinski definition) is 2. The summed E-state index contributed by atoms with van der Waals surface area (Å²) in [4.78, 5) is 13.5. The topological polar surface area (TPSA) is 58.4 Å². The third kappa shape index (κ3) is 7.34. The number of nitrogens with zero attached hydrogens (tertiary/aromatic N) is 1. The Morgan fingerprint density at radius 2 is 1.94 bits per heavy atom. The molecule has 0 heterocycles. The van der Waals surface area contributed by atoms with Crippen LogP contribution in [0.15, 0.2) is 0 Å². The zero-order chi connectivity index (χ0) is 13.3. The van der Waals surface area contributed by atoms with Gasteiger partial charge in [-0.2, -0.15) is 0 Å². The first-order valence-corrected chi connectivity index (χ1v) is 6.73. The van der Waals surface area contributed by atoms with Gasteiger partial charge in [0.15, 0.2) is 0 Å². The number of carbonyl (C=O) groups is 1. The van der Waals surface area contributed by atoms with Crippen LogP contribution in [0.1, 0.15) is 46.5 Å². The Morgan fingerprint density at radius 1 is 1.29 bits per heavy atom. The van der Waals surface area contributed by atoms with Gasteiger partial charge in [0.1, 0.15) is 0 Å². The number of primary amides is 1. The van der Waals surface area contributed by atoms with Gasteiger partial charge in [-0.05, 0) is 40.3 Å². The molecule has 1 amide bonds. The van der Waals surface area contributed by atoms with Gasteiger partial charge in [0.25, 0.3) is 0 Å². The van der Waals surface area contributed by atoms with E-state index < -0.39 is 0 Å². The predicted octanol–water partition coefficient (Wildman–Crippen LogP) is 1.35. The maximum absolute atomic E-state index is 11.1. The van der Waals surface area contributed by atoms with Gasteiger partial charge < -0.3 is 16.0 Å². The SMILES string of the molecule is CCCCCN(CCC(NC)C(N)=O)C(C)C. The molecule has 0 aliphatic carbocycles. The van der Waals surface area contributed by atoms with E-state index in [4.69, 9.17) is 5.73 Å². The average Bonchev–Trinajstić information content (AvgIpc) is 2.26. The van der Waals surface area contributed by atoms with Gasteiger partial charge in [0.05, 0.1) is 6.04 Å². The molecule has 0 aromatic carbocycles. The Morgan fingerprint density at radius 3 is 2.35 bits per heavy atom. The van der Waals surface area contributed by atoms with Crippen molar-refractivity contribution in [3.8, 4) is 0 Å². The van der Waals surface area contributed by atoms with Crippen molar-refractivity contribution in [2.24, 2.45) is 5.73 Å². The molecule has 4 nitrogen and oxygen atoms in total. The molecular weight excluding hydrogens is 214 g/mol. The lowest BCUT2D eigenvalue weighted by atomic mass is 10.1. The second kappa shape index (κ2) is 9.42. The van der Waals surface area contributed by atoms with Gasteiger partial charge in [-0.25, -0.2) is 0 Å². The van der Waals surface area contributed by atoms with Crippen molar-refractivity contribution in [3.05, 3.63) is 0 Å². The van der Waals surface area contributed by atoms with Crippen LogP contribution in [0.25, 0.3) is 0 Å². The largest absolute Gasteiger partial charge is 0.368 e. The molecule has 0 spiro atoms. The lowest BCUT2D eigenvalue weighted by molar-refractivity contribution is -0.120. The first kappa shape index (κ1) is 16.4. The highest BCUT2D eigenvalue weighted by molar-refractivity contribution is 5.79. The number of nitrogens with one attached hydrogen (secondary N) is 1. The molecule has 102 valence electrons. The molecule has 0 rings (SSSR count). The van der Waals surface area contributed by atoms with E-state index in [1.807, 2.05) is 0 Å². The first-order chi connectivity index (χ1) is 8.02. The van der Waals surface area contributed by atoms with Crippen molar-refractivity contribution in [2.75, 3.05) is 20.1 Å². The van der Waals surface area contributed by atoms with E-state index in [9.17, 15) is 4.79 Å². The van der Waals surface area contributed by atoms with Crippen molar-refractivity contribution in [3.63, 3.8) is 0 Å². The summed E-state index contributed by atoms with van der Waals surface area (Å²) in [7, 11) is 1.78. The van der Waals surface area contributed by atoms with Gasteiger partial charge in [0, 0.05) is 12.6 Å². The van der Waals surface area contributed by atoms with Crippen LogP contribution in [0, 0.1) is 0 Å². The maximum atomic E-state index is 11.1. The Balaban J connectivity index is 4.02. The lowest BCUT2D eigenvalue weighted by Gasteiger charge is -2.27. The number of carbonyl (C=O) groups excluding carboxylic acids is 1. The zero-order valence-corrected chi connectivity index (χ0v) is 11.8. The van der Waals surface area contributed by atoms with Crippen LogP contribution in [-0.2, 0) is 4.79 Å². The van der Waals surface area contributed by atoms with Crippen molar-refractivity contribution < 1.29 is 4.79 Å². The van der Waals surface area contributed by atoms with Crippen LogP contribution in [0.2, 0.25) is 0 Å². The van der Waals surface area contributed by atoms with Crippen molar-refractivity contribution >= 4 is 5.91 Å². The average molecular weight is 243 g/mol. The molecule has 1 unspecified atom stereocenters. The van der Waals surface area contributed by atoms with Crippen LogP contribution >= 0.6 is 0 Å². The van der Waals surface area contributed by atoms with Gasteiger partial charge in [-0.1, -0.05) is 19.8 Å². The summed E-state index contributed by atoms with van der Waals surface area (Å²) in [5.41, 5.74) is 5.31. The van der Waals surface area contributed by atoms with Gasteiger partial charge in [-0.15, -0.1) is 0 Å². The van der Waals surface area contributed by atoms with Crippen molar-refractivity contribution in [1.29, 1.82) is 0 Å². The Hall–Kier alpha value is -0.610. The summed E-state index contributed by atoms with van der Waals surface area (Å²) < 4.78 is 0. The highest BCUT2D eigenvalue weighted by Gasteiger charge is 2.15. The molecule has 0 saturated carbocycles. The van der Waals surface area contributed by atoms with Crippen LogP contribution in [0.5, 0.6) is 0 Å². The second-order valence-corrected chi connectivity index (χ2v) is 4.87. The van der Waals surface area contributed by atoms with Crippen LogP contribution in [0.3, 0.4) is 0 Å². The minimum absolute atomic E-state index is 0.206. The van der Waals surface area contributed by atoms with E-state index >= 15 is 0 Å². The minimum Gasteiger partial charge on any atom is -0.368 e. The lowest BCUT2D eigenvalue weighted by Crippen LogP contribution is -2.43.